The maximum atomic E-state index is 13.0. The summed E-state index contributed by atoms with van der Waals surface area (Å²) in [5, 5.41) is 19.9. The van der Waals surface area contributed by atoms with E-state index < -0.39 is 69.9 Å². The molecule has 4 aromatic heterocycles. The first-order chi connectivity index (χ1) is 32.4. The molecule has 0 aliphatic carbocycles. The molecule has 5 heterocycles. The van der Waals surface area contributed by atoms with Crippen LogP contribution in [-0.2, 0) is 59.8 Å². The largest absolute Gasteiger partial charge is 0.505 e. The Morgan fingerprint density at radius 2 is 1.21 bits per heavy atom. The van der Waals surface area contributed by atoms with Crippen molar-refractivity contribution in [3.8, 4) is 0 Å². The van der Waals surface area contributed by atoms with Gasteiger partial charge in [0.2, 0.25) is 5.76 Å². The van der Waals surface area contributed by atoms with Crippen molar-refractivity contribution < 1.29 is 66.7 Å². The van der Waals surface area contributed by atoms with Gasteiger partial charge in [0, 0.05) is 6.42 Å². The van der Waals surface area contributed by atoms with Crippen LogP contribution in [0.25, 0.3) is 22.3 Å². The normalized spacial score (nSPS) is 17.0. The van der Waals surface area contributed by atoms with E-state index >= 15 is 0 Å². The molecule has 1 aliphatic heterocycles. The number of unbranched alkanes of at least 4 members (excludes halogenated alkanes) is 12. The van der Waals surface area contributed by atoms with Crippen LogP contribution in [0.4, 0.5) is 11.6 Å². The Balaban J connectivity index is 0.000000398. The van der Waals surface area contributed by atoms with Gasteiger partial charge < -0.3 is 64.1 Å². The van der Waals surface area contributed by atoms with Crippen LogP contribution in [-0.4, -0.2) is 121 Å². The fourth-order valence-corrected chi connectivity index (χ4v) is 9.09. The van der Waals surface area contributed by atoms with Crippen LogP contribution in [0.1, 0.15) is 118 Å². The standard InChI is InChI=1S/C31H50N5O10P.C11H18N5O4P/c1-3-4-5-6-7-8-9-10-11-12-13-14-15-16-24(37)43-18-23(28-26(38)27(39)31(40)45-28)46-47(41,42)21-44-22(2)17-36-20-35-25-29(32)33-19-34-30(25)36;1-3-20-21(17,18)7-19-8(2)4-16-6-15-9-10(12)13-5-14-11(9)16/h19-20,22-23,28,38-39H,3-18,21H2,1-2H3,(H,41,42)(H2,32,33,34);5-6,8H,3-4,7H2,1-2H3,(H,17,18)(H2,12,13,14)/t22-,23?,28+;8-/m11/s1. The number of nitrogen functional groups attached to an aromatic ring is 2. The molecule has 0 saturated heterocycles. The number of carbonyl (C=O) groups is 2. The van der Waals surface area contributed by atoms with Gasteiger partial charge in [0.25, 0.3) is 0 Å². The number of cyclic esters (lactones) is 1. The summed E-state index contributed by atoms with van der Waals surface area (Å²) in [6.45, 7) is 7.46. The summed E-state index contributed by atoms with van der Waals surface area (Å²) in [7, 11) is -8.25. The zero-order valence-corrected chi connectivity index (χ0v) is 41.0. The molecular weight excluding hydrogens is 930 g/mol. The van der Waals surface area contributed by atoms with E-state index in [1.165, 1.54) is 76.8 Å². The number of aliphatic hydroxyl groups excluding tert-OH is 2. The molecule has 0 amide bonds. The van der Waals surface area contributed by atoms with Crippen LogP contribution in [0.5, 0.6) is 0 Å². The summed E-state index contributed by atoms with van der Waals surface area (Å²) in [5.74, 6) is -3.25. The molecule has 0 aromatic carbocycles. The van der Waals surface area contributed by atoms with E-state index in [4.69, 9.17) is 39.5 Å². The van der Waals surface area contributed by atoms with Crippen molar-refractivity contribution >= 4 is 61.1 Å². The van der Waals surface area contributed by atoms with Gasteiger partial charge >= 0.3 is 27.1 Å². The van der Waals surface area contributed by atoms with Crippen LogP contribution in [0, 0.1) is 0 Å². The SMILES string of the molecule is CCCCCCCCCCCCCCCC(=O)OCC(OP(=O)(O)CO[C@H](C)Cn1cnc2c(N)ncnc21)[C@@H]1OC(=O)C(O)=C1O.CCOP(=O)(O)CO[C@H](C)Cn1cnc2c(N)ncnc21. The second kappa shape index (κ2) is 28.0. The van der Waals surface area contributed by atoms with Crippen LogP contribution in [0.3, 0.4) is 0 Å². The quantitative estimate of drug-likeness (QED) is 0.0175. The average Bonchev–Trinajstić information content (AvgIpc) is 3.98. The maximum absolute atomic E-state index is 13.0. The van der Waals surface area contributed by atoms with Crippen molar-refractivity contribution in [1.82, 2.24) is 39.0 Å². The second-order valence-corrected chi connectivity index (χ2v) is 20.0. The van der Waals surface area contributed by atoms with Crippen molar-refractivity contribution in [3.63, 3.8) is 0 Å². The first kappa shape index (κ1) is 55.8. The summed E-state index contributed by atoms with van der Waals surface area (Å²) < 4.78 is 59.0. The lowest BCUT2D eigenvalue weighted by Gasteiger charge is -2.25. The van der Waals surface area contributed by atoms with Crippen LogP contribution >= 0.6 is 15.2 Å². The second-order valence-electron chi connectivity index (χ2n) is 16.4. The Morgan fingerprint density at radius 1 is 0.735 bits per heavy atom. The number of aromatic nitrogens is 8. The molecule has 0 fully saturated rings. The highest BCUT2D eigenvalue weighted by Gasteiger charge is 2.44. The third-order valence-electron chi connectivity index (χ3n) is 10.6. The van der Waals surface area contributed by atoms with Gasteiger partial charge in [0.15, 0.2) is 34.8 Å². The Morgan fingerprint density at radius 3 is 1.66 bits per heavy atom. The number of rotatable bonds is 31. The lowest BCUT2D eigenvalue weighted by molar-refractivity contribution is -0.153. The van der Waals surface area contributed by atoms with E-state index in [2.05, 4.69) is 36.8 Å². The fourth-order valence-electron chi connectivity index (χ4n) is 7.07. The maximum Gasteiger partial charge on any atom is 0.377 e. The summed E-state index contributed by atoms with van der Waals surface area (Å²) in [6, 6.07) is 0. The number of nitrogens with zero attached hydrogens (tertiary/aromatic N) is 8. The highest BCUT2D eigenvalue weighted by Crippen LogP contribution is 2.45. The van der Waals surface area contributed by atoms with Crippen molar-refractivity contribution in [2.45, 2.75) is 155 Å². The number of hydrogen-bond donors (Lipinski definition) is 6. The number of fused-ring (bicyclic) bond motifs is 2. The van der Waals surface area contributed by atoms with Gasteiger partial charge in [0.05, 0.1) is 44.6 Å². The minimum atomic E-state index is -4.57. The molecule has 5 rings (SSSR count). The highest BCUT2D eigenvalue weighted by molar-refractivity contribution is 7.52. The topological polar surface area (TPSA) is 344 Å². The van der Waals surface area contributed by atoms with Crippen molar-refractivity contribution in [1.29, 1.82) is 0 Å². The molecule has 380 valence electrons. The molecule has 0 saturated carbocycles. The molecule has 0 bridgehead atoms. The highest BCUT2D eigenvalue weighted by atomic mass is 31.2. The van der Waals surface area contributed by atoms with Crippen molar-refractivity contribution in [2.24, 2.45) is 0 Å². The first-order valence-corrected chi connectivity index (χ1v) is 26.5. The number of esters is 2. The fraction of sp³-hybridized carbons (Fsp3) is 0.667. The van der Waals surface area contributed by atoms with Crippen LogP contribution in [0.2, 0.25) is 0 Å². The lowest BCUT2D eigenvalue weighted by atomic mass is 10.0. The molecule has 4 aromatic rings. The Labute approximate surface area is 395 Å². The summed E-state index contributed by atoms with van der Waals surface area (Å²) >= 11 is 0. The smallest absolute Gasteiger partial charge is 0.377 e. The van der Waals surface area contributed by atoms with Crippen molar-refractivity contribution in [3.05, 3.63) is 36.8 Å². The minimum absolute atomic E-state index is 0.124. The van der Waals surface area contributed by atoms with Gasteiger partial charge in [-0.15, -0.1) is 0 Å². The van der Waals surface area contributed by atoms with E-state index in [0.29, 0.717) is 41.1 Å². The summed E-state index contributed by atoms with van der Waals surface area (Å²) in [4.78, 5) is 68.6. The summed E-state index contributed by atoms with van der Waals surface area (Å²) in [6.07, 6.45) is 15.6. The van der Waals surface area contributed by atoms with Crippen LogP contribution < -0.4 is 11.5 Å². The van der Waals surface area contributed by atoms with E-state index in [-0.39, 0.29) is 37.8 Å². The Bertz CT molecular complexity index is 2330. The number of nitrogens with two attached hydrogens (primary N) is 2. The summed E-state index contributed by atoms with van der Waals surface area (Å²) in [5.41, 5.74) is 13.5. The van der Waals surface area contributed by atoms with Crippen LogP contribution in [0.15, 0.2) is 36.8 Å². The van der Waals surface area contributed by atoms with Gasteiger partial charge in [0.1, 0.15) is 49.1 Å². The van der Waals surface area contributed by atoms with Gasteiger partial charge in [-0.2, -0.15) is 0 Å². The van der Waals surface area contributed by atoms with Gasteiger partial charge in [-0.1, -0.05) is 84.0 Å². The number of anilines is 2. The number of aliphatic hydroxyl groups is 2. The molecule has 3 unspecified atom stereocenters. The van der Waals surface area contributed by atoms with Gasteiger partial charge in [-0.3, -0.25) is 18.4 Å². The molecule has 24 nitrogen and oxygen atoms in total. The Kier molecular flexibility index (Phi) is 23.0. The molecule has 1 aliphatic rings. The molecule has 6 atom stereocenters. The zero-order chi connectivity index (χ0) is 49.7. The van der Waals surface area contributed by atoms with Gasteiger partial charge in [-0.05, 0) is 27.2 Å². The Hall–Kier alpha value is -4.80. The zero-order valence-electron chi connectivity index (χ0n) is 39.3. The van der Waals surface area contributed by atoms with E-state index in [9.17, 15) is 38.7 Å². The molecule has 0 radical (unpaired) electrons. The molecule has 0 spiro atoms. The number of imidazole rings is 2. The molecule has 8 N–H and O–H groups in total. The minimum Gasteiger partial charge on any atom is -0.505 e. The predicted octanol–water partition coefficient (Wildman–Crippen LogP) is 6.61. The molecule has 68 heavy (non-hydrogen) atoms. The molecular formula is C42H68N10O14P2. The number of carbonyl (C=O) groups excluding carboxylic acids is 2. The third-order valence-corrected chi connectivity index (χ3v) is 12.8. The monoisotopic (exact) mass is 998 g/mol. The first-order valence-electron chi connectivity index (χ1n) is 23.0. The molecule has 26 heteroatoms. The average molecular weight is 999 g/mol. The van der Waals surface area contributed by atoms with E-state index in [1.54, 1.807) is 36.2 Å². The van der Waals surface area contributed by atoms with Crippen molar-refractivity contribution in [2.75, 3.05) is 37.4 Å². The van der Waals surface area contributed by atoms with Gasteiger partial charge in [-0.25, -0.2) is 34.7 Å². The predicted molar refractivity (Wildman–Crippen MR) is 250 cm³/mol. The number of hydrogen-bond acceptors (Lipinski definition) is 20. The third kappa shape index (κ3) is 18.3. The number of ether oxygens (including phenoxy) is 4. The lowest BCUT2D eigenvalue weighted by Crippen LogP contribution is -2.36. The van der Waals surface area contributed by atoms with E-state index in [0.717, 1.165) is 19.3 Å². The van der Waals surface area contributed by atoms with E-state index in [1.807, 2.05) is 0 Å².